The summed E-state index contributed by atoms with van der Waals surface area (Å²) in [5.41, 5.74) is 1.04. The molecule has 96 valence electrons. The Balaban J connectivity index is 2.48. The lowest BCUT2D eigenvalue weighted by Crippen LogP contribution is -1.83. The van der Waals surface area contributed by atoms with Crippen LogP contribution in [0, 0.1) is 15.1 Å². The minimum atomic E-state index is 0.416. The van der Waals surface area contributed by atoms with Crippen molar-refractivity contribution in [3.63, 3.8) is 0 Å². The molecule has 1 heterocycles. The molecule has 0 saturated carbocycles. The van der Waals surface area contributed by atoms with Crippen molar-refractivity contribution in [2.45, 2.75) is 0 Å². The molecule has 1 aromatic heterocycles. The van der Waals surface area contributed by atoms with Crippen LogP contribution < -0.4 is 0 Å². The molecular formula is C13H5BrCl2INO. The quantitative estimate of drug-likeness (QED) is 0.399. The molecule has 19 heavy (non-hydrogen) atoms. The van der Waals surface area contributed by atoms with Gasteiger partial charge < -0.3 is 4.42 Å². The Morgan fingerprint density at radius 2 is 2.11 bits per heavy atom. The van der Waals surface area contributed by atoms with Crippen LogP contribution in [0.15, 0.2) is 33.2 Å². The van der Waals surface area contributed by atoms with Gasteiger partial charge in [-0.15, -0.1) is 0 Å². The van der Waals surface area contributed by atoms with Crippen molar-refractivity contribution in [2.24, 2.45) is 0 Å². The number of furan rings is 1. The van der Waals surface area contributed by atoms with Gasteiger partial charge in [0.1, 0.15) is 5.76 Å². The van der Waals surface area contributed by atoms with Gasteiger partial charge in [0.05, 0.1) is 21.1 Å². The van der Waals surface area contributed by atoms with Crippen molar-refractivity contribution in [3.8, 4) is 6.07 Å². The van der Waals surface area contributed by atoms with E-state index < -0.39 is 0 Å². The molecule has 0 aliphatic carbocycles. The van der Waals surface area contributed by atoms with Crippen LogP contribution in [0.4, 0.5) is 0 Å². The Bertz CT molecular complexity index is 684. The largest absolute Gasteiger partial charge is 0.450 e. The summed E-state index contributed by atoms with van der Waals surface area (Å²) in [6.45, 7) is 0. The van der Waals surface area contributed by atoms with Crippen LogP contribution >= 0.6 is 61.7 Å². The van der Waals surface area contributed by atoms with Gasteiger partial charge >= 0.3 is 0 Å². The van der Waals surface area contributed by atoms with Crippen LogP contribution in [0.3, 0.4) is 0 Å². The molecule has 0 atom stereocenters. The van der Waals surface area contributed by atoms with E-state index in [1.54, 1.807) is 30.3 Å². The first-order valence-electron chi connectivity index (χ1n) is 5.03. The van der Waals surface area contributed by atoms with Gasteiger partial charge in [-0.05, 0) is 40.2 Å². The number of hydrogen-bond donors (Lipinski definition) is 0. The Morgan fingerprint density at radius 1 is 1.37 bits per heavy atom. The van der Waals surface area contributed by atoms with Gasteiger partial charge in [0.15, 0.2) is 3.77 Å². The number of halogens is 4. The second-order valence-corrected chi connectivity index (χ2v) is 6.24. The highest BCUT2D eigenvalue weighted by atomic mass is 127. The van der Waals surface area contributed by atoms with Crippen LogP contribution in [0.2, 0.25) is 10.0 Å². The van der Waals surface area contributed by atoms with E-state index in [9.17, 15) is 5.26 Å². The Kier molecular flexibility index (Phi) is 4.96. The average Bonchev–Trinajstić information content (AvgIpc) is 2.66. The minimum Gasteiger partial charge on any atom is -0.450 e. The molecule has 0 radical (unpaired) electrons. The molecule has 0 unspecified atom stereocenters. The number of hydrogen-bond acceptors (Lipinski definition) is 2. The van der Waals surface area contributed by atoms with E-state index in [0.29, 0.717) is 26.9 Å². The maximum atomic E-state index is 9.25. The van der Waals surface area contributed by atoms with Crippen LogP contribution in [-0.2, 0) is 0 Å². The van der Waals surface area contributed by atoms with E-state index in [1.165, 1.54) is 0 Å². The Morgan fingerprint density at radius 3 is 2.63 bits per heavy atom. The van der Waals surface area contributed by atoms with E-state index in [0.717, 1.165) is 8.24 Å². The zero-order valence-electron chi connectivity index (χ0n) is 9.25. The molecule has 2 rings (SSSR count). The maximum absolute atomic E-state index is 9.25. The molecule has 6 heteroatoms. The lowest BCUT2D eigenvalue weighted by atomic mass is 10.1. The summed E-state index contributed by atoms with van der Waals surface area (Å²) >= 11 is 17.3. The molecule has 1 aromatic carbocycles. The summed E-state index contributed by atoms with van der Waals surface area (Å²) < 4.78 is 7.05. The molecule has 2 aromatic rings. The number of benzene rings is 1. The lowest BCUT2D eigenvalue weighted by molar-refractivity contribution is 0.527. The van der Waals surface area contributed by atoms with Gasteiger partial charge in [0.25, 0.3) is 0 Å². The van der Waals surface area contributed by atoms with Crippen molar-refractivity contribution in [3.05, 3.63) is 53.9 Å². The zero-order valence-corrected chi connectivity index (χ0v) is 14.5. The van der Waals surface area contributed by atoms with Crippen molar-refractivity contribution < 1.29 is 4.42 Å². The van der Waals surface area contributed by atoms with Gasteiger partial charge in [0, 0.05) is 33.2 Å². The first kappa shape index (κ1) is 14.9. The smallest absolute Gasteiger partial charge is 0.178 e. The van der Waals surface area contributed by atoms with E-state index in [4.69, 9.17) is 27.6 Å². The third-order valence-corrected chi connectivity index (χ3v) is 4.97. The highest BCUT2D eigenvalue weighted by molar-refractivity contribution is 14.1. The number of allylic oxidation sites excluding steroid dienone is 1. The van der Waals surface area contributed by atoms with Crippen LogP contribution in [-0.4, -0.2) is 0 Å². The number of rotatable bonds is 2. The fourth-order valence-corrected chi connectivity index (χ4v) is 2.68. The Labute approximate surface area is 142 Å². The standard InChI is InChI=1S/C13H5BrCl2INO/c14-11-5-9(19-13(11)17)3-7(6-18)10-2-1-8(15)4-12(10)16/h1-5H/b7-3-. The van der Waals surface area contributed by atoms with E-state index in [-0.39, 0.29) is 0 Å². The van der Waals surface area contributed by atoms with Crippen molar-refractivity contribution in [1.29, 1.82) is 5.26 Å². The van der Waals surface area contributed by atoms with Crippen molar-refractivity contribution in [1.82, 2.24) is 0 Å². The first-order valence-corrected chi connectivity index (χ1v) is 7.66. The van der Waals surface area contributed by atoms with Crippen molar-refractivity contribution >= 4 is 73.4 Å². The SMILES string of the molecule is N#C/C(=C/c1cc(Br)c(I)o1)c1ccc(Cl)cc1Cl. The topological polar surface area (TPSA) is 36.9 Å². The monoisotopic (exact) mass is 467 g/mol. The lowest BCUT2D eigenvalue weighted by Gasteiger charge is -2.02. The molecule has 0 fully saturated rings. The summed E-state index contributed by atoms with van der Waals surface area (Å²) in [4.78, 5) is 0. The summed E-state index contributed by atoms with van der Waals surface area (Å²) in [5.74, 6) is 0.582. The third kappa shape index (κ3) is 3.54. The van der Waals surface area contributed by atoms with Gasteiger partial charge in [-0.25, -0.2) is 0 Å². The maximum Gasteiger partial charge on any atom is 0.178 e. The summed E-state index contributed by atoms with van der Waals surface area (Å²) in [6.07, 6.45) is 1.64. The van der Waals surface area contributed by atoms with Gasteiger partial charge in [-0.3, -0.25) is 0 Å². The summed E-state index contributed by atoms with van der Waals surface area (Å²) in [6, 6.07) is 8.91. The molecule has 2 nitrogen and oxygen atoms in total. The van der Waals surface area contributed by atoms with Gasteiger partial charge in [-0.1, -0.05) is 29.3 Å². The second-order valence-electron chi connectivity index (χ2n) is 3.56. The molecule has 0 N–H and O–H groups in total. The molecule has 0 saturated heterocycles. The second kappa shape index (κ2) is 6.31. The first-order chi connectivity index (χ1) is 9.01. The molecule has 0 spiro atoms. The highest BCUT2D eigenvalue weighted by Gasteiger charge is 2.10. The molecule has 0 aliphatic heterocycles. The van der Waals surface area contributed by atoms with E-state index >= 15 is 0 Å². The van der Waals surface area contributed by atoms with Crippen LogP contribution in [0.5, 0.6) is 0 Å². The minimum absolute atomic E-state index is 0.416. The highest BCUT2D eigenvalue weighted by Crippen LogP contribution is 2.30. The molecular weight excluding hydrogens is 464 g/mol. The van der Waals surface area contributed by atoms with Gasteiger partial charge in [0.2, 0.25) is 0 Å². The average molecular weight is 469 g/mol. The summed E-state index contributed by atoms with van der Waals surface area (Å²) in [7, 11) is 0. The predicted molar refractivity (Wildman–Crippen MR) is 89.1 cm³/mol. The third-order valence-electron chi connectivity index (χ3n) is 2.29. The van der Waals surface area contributed by atoms with Crippen molar-refractivity contribution in [2.75, 3.05) is 0 Å². The number of nitriles is 1. The Hall–Kier alpha value is -0.480. The summed E-state index contributed by atoms with van der Waals surface area (Å²) in [5, 5.41) is 10.2. The number of nitrogens with zero attached hydrogens (tertiary/aromatic N) is 1. The van der Waals surface area contributed by atoms with E-state index in [2.05, 4.69) is 44.6 Å². The zero-order chi connectivity index (χ0) is 14.0. The van der Waals surface area contributed by atoms with Gasteiger partial charge in [-0.2, -0.15) is 5.26 Å². The normalized spacial score (nSPS) is 11.4. The molecule has 0 amide bonds. The van der Waals surface area contributed by atoms with Crippen LogP contribution in [0.25, 0.3) is 11.6 Å². The molecule has 0 bridgehead atoms. The van der Waals surface area contributed by atoms with Crippen LogP contribution in [0.1, 0.15) is 11.3 Å². The molecule has 0 aliphatic rings. The van der Waals surface area contributed by atoms with E-state index in [1.807, 2.05) is 0 Å². The fraction of sp³-hybridized carbons (Fsp3) is 0. The fourth-order valence-electron chi connectivity index (χ4n) is 1.45. The predicted octanol–water partition coefficient (Wildman–Crippen LogP) is 6.02.